The molecule has 0 atom stereocenters. The highest BCUT2D eigenvalue weighted by atomic mass is 16.5. The molecule has 21 heavy (non-hydrogen) atoms. The molecule has 0 saturated heterocycles. The Balaban J connectivity index is 1.68. The second kappa shape index (κ2) is 5.83. The lowest BCUT2D eigenvalue weighted by Gasteiger charge is -2.07. The molecule has 0 spiro atoms. The van der Waals surface area contributed by atoms with Crippen molar-refractivity contribution in [3.63, 3.8) is 0 Å². The summed E-state index contributed by atoms with van der Waals surface area (Å²) in [6, 6.07) is 12.0. The van der Waals surface area contributed by atoms with Gasteiger partial charge in [-0.25, -0.2) is 4.52 Å². The van der Waals surface area contributed by atoms with E-state index in [4.69, 9.17) is 4.74 Å². The van der Waals surface area contributed by atoms with Gasteiger partial charge in [-0.2, -0.15) is 4.98 Å². The molecule has 0 fully saturated rings. The molecule has 0 bridgehead atoms. The van der Waals surface area contributed by atoms with Crippen molar-refractivity contribution < 1.29 is 4.74 Å². The number of pyridine rings is 1. The number of nitrogens with one attached hydrogen (secondary N) is 1. The second-order valence-electron chi connectivity index (χ2n) is 4.88. The summed E-state index contributed by atoms with van der Waals surface area (Å²) >= 11 is 0. The standard InChI is InChI=1S/C16H18N4O/c1-12-6-5-11-20-15(12)18-16(19-20)17-10-9-13-7-3-4-8-14(13)21-2/h3-8,11H,9-10H2,1-2H3,(H,17,19). The third-order valence-electron chi connectivity index (χ3n) is 3.43. The fourth-order valence-corrected chi connectivity index (χ4v) is 2.33. The molecule has 0 radical (unpaired) electrons. The number of rotatable bonds is 5. The molecule has 108 valence electrons. The zero-order chi connectivity index (χ0) is 14.7. The Morgan fingerprint density at radius 1 is 1.19 bits per heavy atom. The molecule has 0 unspecified atom stereocenters. The summed E-state index contributed by atoms with van der Waals surface area (Å²) < 4.78 is 7.14. The normalized spacial score (nSPS) is 10.8. The molecule has 3 aromatic rings. The van der Waals surface area contributed by atoms with Crippen LogP contribution in [0, 0.1) is 6.92 Å². The van der Waals surface area contributed by atoms with Gasteiger partial charge in [-0.05, 0) is 36.6 Å². The van der Waals surface area contributed by atoms with Crippen LogP contribution in [-0.2, 0) is 6.42 Å². The van der Waals surface area contributed by atoms with Crippen LogP contribution in [0.25, 0.3) is 5.65 Å². The molecule has 2 heterocycles. The van der Waals surface area contributed by atoms with Gasteiger partial charge in [0, 0.05) is 12.7 Å². The van der Waals surface area contributed by atoms with Crippen molar-refractivity contribution in [3.8, 4) is 5.75 Å². The van der Waals surface area contributed by atoms with Crippen LogP contribution in [-0.4, -0.2) is 28.3 Å². The van der Waals surface area contributed by atoms with Crippen molar-refractivity contribution in [1.29, 1.82) is 0 Å². The lowest BCUT2D eigenvalue weighted by atomic mass is 10.1. The Kier molecular flexibility index (Phi) is 3.73. The first kappa shape index (κ1) is 13.4. The molecule has 0 aliphatic carbocycles. The lowest BCUT2D eigenvalue weighted by molar-refractivity contribution is 0.410. The van der Waals surface area contributed by atoms with Gasteiger partial charge in [0.2, 0.25) is 5.95 Å². The minimum absolute atomic E-state index is 0.652. The van der Waals surface area contributed by atoms with Gasteiger partial charge >= 0.3 is 0 Å². The number of nitrogens with zero attached hydrogens (tertiary/aromatic N) is 3. The van der Waals surface area contributed by atoms with Crippen molar-refractivity contribution in [3.05, 3.63) is 53.7 Å². The van der Waals surface area contributed by atoms with Gasteiger partial charge in [-0.15, -0.1) is 5.10 Å². The van der Waals surface area contributed by atoms with E-state index in [2.05, 4.69) is 21.5 Å². The maximum Gasteiger partial charge on any atom is 0.243 e. The zero-order valence-corrected chi connectivity index (χ0v) is 12.2. The van der Waals surface area contributed by atoms with Gasteiger partial charge in [0.1, 0.15) is 5.75 Å². The molecule has 0 saturated carbocycles. The summed E-state index contributed by atoms with van der Waals surface area (Å²) in [4.78, 5) is 4.50. The van der Waals surface area contributed by atoms with Crippen LogP contribution in [0.15, 0.2) is 42.6 Å². The zero-order valence-electron chi connectivity index (χ0n) is 12.2. The van der Waals surface area contributed by atoms with E-state index in [1.54, 1.807) is 11.6 Å². The van der Waals surface area contributed by atoms with E-state index in [0.717, 1.165) is 29.9 Å². The lowest BCUT2D eigenvalue weighted by Crippen LogP contribution is -2.07. The highest BCUT2D eigenvalue weighted by Gasteiger charge is 2.06. The Bertz CT molecular complexity index is 751. The Hall–Kier alpha value is -2.56. The fourth-order valence-electron chi connectivity index (χ4n) is 2.33. The summed E-state index contributed by atoms with van der Waals surface area (Å²) in [5, 5.41) is 7.67. The third kappa shape index (κ3) is 2.81. The fraction of sp³-hybridized carbons (Fsp3) is 0.250. The van der Waals surface area contributed by atoms with E-state index in [1.165, 1.54) is 5.56 Å². The van der Waals surface area contributed by atoms with Crippen LogP contribution in [0.4, 0.5) is 5.95 Å². The number of benzene rings is 1. The average Bonchev–Trinajstić information content (AvgIpc) is 2.92. The molecule has 0 aliphatic heterocycles. The molecule has 3 rings (SSSR count). The molecule has 0 amide bonds. The van der Waals surface area contributed by atoms with Gasteiger partial charge in [-0.3, -0.25) is 0 Å². The first-order valence-electron chi connectivity index (χ1n) is 6.95. The highest BCUT2D eigenvalue weighted by Crippen LogP contribution is 2.17. The van der Waals surface area contributed by atoms with Crippen molar-refractivity contribution in [2.75, 3.05) is 19.0 Å². The monoisotopic (exact) mass is 282 g/mol. The Morgan fingerprint density at radius 2 is 2.05 bits per heavy atom. The summed E-state index contributed by atoms with van der Waals surface area (Å²) in [5.41, 5.74) is 3.17. The van der Waals surface area contributed by atoms with Gasteiger partial charge in [0.25, 0.3) is 0 Å². The first-order chi connectivity index (χ1) is 10.3. The number of anilines is 1. The molecule has 1 N–H and O–H groups in total. The molecule has 1 aromatic carbocycles. The molecular weight excluding hydrogens is 264 g/mol. The van der Waals surface area contributed by atoms with Crippen LogP contribution in [0.2, 0.25) is 0 Å². The summed E-state index contributed by atoms with van der Waals surface area (Å²) in [5.74, 6) is 1.57. The number of methoxy groups -OCH3 is 1. The Labute approximate surface area is 123 Å². The average molecular weight is 282 g/mol. The van der Waals surface area contributed by atoms with Gasteiger partial charge in [-0.1, -0.05) is 24.3 Å². The number of fused-ring (bicyclic) bond motifs is 1. The number of hydrogen-bond donors (Lipinski definition) is 1. The molecule has 2 aromatic heterocycles. The van der Waals surface area contributed by atoms with Gasteiger partial charge in [0.05, 0.1) is 7.11 Å². The Morgan fingerprint density at radius 3 is 2.86 bits per heavy atom. The molecule has 5 heteroatoms. The van der Waals surface area contributed by atoms with Gasteiger partial charge < -0.3 is 10.1 Å². The molecular formula is C16H18N4O. The van der Waals surface area contributed by atoms with Crippen molar-refractivity contribution >= 4 is 11.6 Å². The molecule has 5 nitrogen and oxygen atoms in total. The SMILES string of the molecule is COc1ccccc1CCNc1nc2c(C)cccn2n1. The van der Waals surface area contributed by atoms with E-state index < -0.39 is 0 Å². The van der Waals surface area contributed by atoms with E-state index in [0.29, 0.717) is 5.95 Å². The minimum Gasteiger partial charge on any atom is -0.496 e. The van der Waals surface area contributed by atoms with Crippen LogP contribution in [0.1, 0.15) is 11.1 Å². The number of aromatic nitrogens is 3. The predicted octanol–water partition coefficient (Wildman–Crippen LogP) is 2.70. The van der Waals surface area contributed by atoms with Gasteiger partial charge in [0.15, 0.2) is 5.65 Å². The number of ether oxygens (including phenoxy) is 1. The largest absolute Gasteiger partial charge is 0.496 e. The van der Waals surface area contributed by atoms with Crippen molar-refractivity contribution in [2.24, 2.45) is 0 Å². The summed E-state index contributed by atoms with van der Waals surface area (Å²) in [7, 11) is 1.69. The number of aryl methyl sites for hydroxylation is 1. The van der Waals surface area contributed by atoms with Crippen LogP contribution >= 0.6 is 0 Å². The van der Waals surface area contributed by atoms with Crippen molar-refractivity contribution in [1.82, 2.24) is 14.6 Å². The van der Waals surface area contributed by atoms with Crippen LogP contribution < -0.4 is 10.1 Å². The predicted molar refractivity (Wildman–Crippen MR) is 82.9 cm³/mol. The minimum atomic E-state index is 0.652. The number of para-hydroxylation sites is 1. The maximum absolute atomic E-state index is 5.35. The topological polar surface area (TPSA) is 51.5 Å². The van der Waals surface area contributed by atoms with Crippen LogP contribution in [0.5, 0.6) is 5.75 Å². The van der Waals surface area contributed by atoms with E-state index >= 15 is 0 Å². The quantitative estimate of drug-likeness (QED) is 0.781. The van der Waals surface area contributed by atoms with Crippen molar-refractivity contribution in [2.45, 2.75) is 13.3 Å². The summed E-state index contributed by atoms with van der Waals surface area (Å²) in [6.45, 7) is 2.79. The molecule has 0 aliphatic rings. The third-order valence-corrected chi connectivity index (χ3v) is 3.43. The second-order valence-corrected chi connectivity index (χ2v) is 4.88. The first-order valence-corrected chi connectivity index (χ1v) is 6.95. The highest BCUT2D eigenvalue weighted by molar-refractivity contribution is 5.49. The van der Waals surface area contributed by atoms with E-state index in [9.17, 15) is 0 Å². The smallest absolute Gasteiger partial charge is 0.243 e. The van der Waals surface area contributed by atoms with Crippen LogP contribution in [0.3, 0.4) is 0 Å². The van der Waals surface area contributed by atoms with E-state index in [1.807, 2.05) is 43.5 Å². The summed E-state index contributed by atoms with van der Waals surface area (Å²) in [6.07, 6.45) is 2.76. The number of hydrogen-bond acceptors (Lipinski definition) is 4. The maximum atomic E-state index is 5.35. The van der Waals surface area contributed by atoms with E-state index in [-0.39, 0.29) is 0 Å².